The number of carbonyl (C=O) groups excluding carboxylic acids is 1. The van der Waals surface area contributed by atoms with Crippen LogP contribution in [0, 0.1) is 6.92 Å². The van der Waals surface area contributed by atoms with Crippen LogP contribution >= 0.6 is 0 Å². The number of hydrogen-bond donors (Lipinski definition) is 1. The Bertz CT molecular complexity index is 781. The molecule has 2 aromatic rings. The van der Waals surface area contributed by atoms with Gasteiger partial charge < -0.3 is 14.8 Å². The number of rotatable bonds is 4. The fourth-order valence-corrected chi connectivity index (χ4v) is 3.57. The summed E-state index contributed by atoms with van der Waals surface area (Å²) in [6, 6.07) is -0.0215. The third-order valence-corrected chi connectivity index (χ3v) is 4.84. The molecule has 0 unspecified atom stereocenters. The van der Waals surface area contributed by atoms with E-state index < -0.39 is 0 Å². The van der Waals surface area contributed by atoms with Crippen LogP contribution in [-0.2, 0) is 13.6 Å². The van der Waals surface area contributed by atoms with Crippen LogP contribution in [0.4, 0.5) is 0 Å². The standard InChI is InChI=1S/C17H23N5O3/c1-11-15(20-22-7-4-8-24-17(11)22)16(23)19-13-5-3-6-14(13)25-12-9-18-21(2)10-12/h9-10,13-14H,3-8H2,1-2H3,(H,19,23)/t13-,14+/m0/s1. The van der Waals surface area contributed by atoms with Crippen molar-refractivity contribution in [2.24, 2.45) is 7.05 Å². The third kappa shape index (κ3) is 3.08. The van der Waals surface area contributed by atoms with E-state index in [1.807, 2.05) is 20.2 Å². The summed E-state index contributed by atoms with van der Waals surface area (Å²) in [5.74, 6) is 1.29. The largest absolute Gasteiger partial charge is 0.485 e. The molecule has 0 bridgehead atoms. The Morgan fingerprint density at radius 3 is 3.04 bits per heavy atom. The minimum absolute atomic E-state index is 0.0215. The zero-order valence-electron chi connectivity index (χ0n) is 14.6. The van der Waals surface area contributed by atoms with Crippen molar-refractivity contribution in [1.29, 1.82) is 0 Å². The van der Waals surface area contributed by atoms with Crippen molar-refractivity contribution >= 4 is 5.91 Å². The predicted octanol–water partition coefficient (Wildman–Crippen LogP) is 1.44. The fraction of sp³-hybridized carbons (Fsp3) is 0.588. The topological polar surface area (TPSA) is 83.2 Å². The van der Waals surface area contributed by atoms with E-state index in [-0.39, 0.29) is 18.1 Å². The molecule has 1 fully saturated rings. The van der Waals surface area contributed by atoms with Crippen molar-refractivity contribution in [3.8, 4) is 11.6 Å². The van der Waals surface area contributed by atoms with Crippen molar-refractivity contribution in [3.05, 3.63) is 23.7 Å². The first-order valence-corrected chi connectivity index (χ1v) is 8.78. The quantitative estimate of drug-likeness (QED) is 0.906. The highest BCUT2D eigenvalue weighted by molar-refractivity contribution is 5.94. The predicted molar refractivity (Wildman–Crippen MR) is 89.8 cm³/mol. The van der Waals surface area contributed by atoms with E-state index in [9.17, 15) is 4.79 Å². The average molecular weight is 345 g/mol. The average Bonchev–Trinajstić information content (AvgIpc) is 3.29. The number of aryl methyl sites for hydroxylation is 2. The van der Waals surface area contributed by atoms with E-state index in [2.05, 4.69) is 15.5 Å². The van der Waals surface area contributed by atoms with Crippen LogP contribution in [0.3, 0.4) is 0 Å². The molecule has 8 nitrogen and oxygen atoms in total. The first-order valence-electron chi connectivity index (χ1n) is 8.78. The van der Waals surface area contributed by atoms with E-state index in [0.29, 0.717) is 18.2 Å². The zero-order valence-corrected chi connectivity index (χ0v) is 14.6. The summed E-state index contributed by atoms with van der Waals surface area (Å²) in [7, 11) is 1.85. The van der Waals surface area contributed by atoms with Crippen LogP contribution < -0.4 is 14.8 Å². The van der Waals surface area contributed by atoms with Crippen LogP contribution in [0.5, 0.6) is 11.6 Å². The number of carbonyl (C=O) groups is 1. The van der Waals surface area contributed by atoms with Gasteiger partial charge >= 0.3 is 0 Å². The van der Waals surface area contributed by atoms with Crippen molar-refractivity contribution in [2.45, 2.75) is 51.3 Å². The summed E-state index contributed by atoms with van der Waals surface area (Å²) in [5.41, 5.74) is 1.25. The Morgan fingerprint density at radius 2 is 2.28 bits per heavy atom. The smallest absolute Gasteiger partial charge is 0.272 e. The molecule has 2 aliphatic rings. The second kappa shape index (κ2) is 6.42. The molecule has 0 aromatic carbocycles. The number of ether oxygens (including phenoxy) is 2. The highest BCUT2D eigenvalue weighted by Gasteiger charge is 2.32. The van der Waals surface area contributed by atoms with Gasteiger partial charge in [-0.25, -0.2) is 4.68 Å². The van der Waals surface area contributed by atoms with Gasteiger partial charge in [0.2, 0.25) is 5.88 Å². The van der Waals surface area contributed by atoms with Gasteiger partial charge in [0.05, 0.1) is 25.0 Å². The lowest BCUT2D eigenvalue weighted by Gasteiger charge is -2.21. The molecule has 3 heterocycles. The molecule has 4 rings (SSSR count). The Labute approximate surface area is 146 Å². The van der Waals surface area contributed by atoms with Gasteiger partial charge in [0, 0.05) is 25.6 Å². The fourth-order valence-electron chi connectivity index (χ4n) is 3.57. The molecule has 134 valence electrons. The molecule has 1 saturated carbocycles. The second-order valence-electron chi connectivity index (χ2n) is 6.72. The van der Waals surface area contributed by atoms with Crippen LogP contribution in [0.15, 0.2) is 12.4 Å². The molecule has 25 heavy (non-hydrogen) atoms. The van der Waals surface area contributed by atoms with Crippen LogP contribution in [-0.4, -0.2) is 44.2 Å². The van der Waals surface area contributed by atoms with Gasteiger partial charge in [0.25, 0.3) is 5.91 Å². The van der Waals surface area contributed by atoms with E-state index in [1.165, 1.54) is 0 Å². The normalized spacial score (nSPS) is 22.3. The summed E-state index contributed by atoms with van der Waals surface area (Å²) in [6.07, 6.45) is 7.25. The van der Waals surface area contributed by atoms with E-state index in [1.54, 1.807) is 15.6 Å². The van der Waals surface area contributed by atoms with Gasteiger partial charge in [-0.3, -0.25) is 9.48 Å². The summed E-state index contributed by atoms with van der Waals surface area (Å²) >= 11 is 0. The Hall–Kier alpha value is -2.51. The SMILES string of the molecule is Cc1c(C(=O)N[C@H]2CCC[C@H]2Oc2cnn(C)c2)nn2c1OCCC2. The number of hydrogen-bond acceptors (Lipinski definition) is 5. The van der Waals surface area contributed by atoms with Gasteiger partial charge in [0.15, 0.2) is 11.4 Å². The lowest BCUT2D eigenvalue weighted by molar-refractivity contribution is 0.0887. The first-order chi connectivity index (χ1) is 12.1. The maximum absolute atomic E-state index is 12.7. The van der Waals surface area contributed by atoms with Crippen molar-refractivity contribution in [1.82, 2.24) is 24.9 Å². The van der Waals surface area contributed by atoms with Crippen LogP contribution in [0.25, 0.3) is 0 Å². The molecular weight excluding hydrogens is 322 g/mol. The molecule has 2 atom stereocenters. The number of fused-ring (bicyclic) bond motifs is 1. The lowest BCUT2D eigenvalue weighted by atomic mass is 10.2. The van der Waals surface area contributed by atoms with Gasteiger partial charge in [-0.1, -0.05) is 0 Å². The molecule has 1 aliphatic carbocycles. The molecule has 1 amide bonds. The van der Waals surface area contributed by atoms with E-state index >= 15 is 0 Å². The van der Waals surface area contributed by atoms with Crippen LogP contribution in [0.2, 0.25) is 0 Å². The third-order valence-electron chi connectivity index (χ3n) is 4.84. The van der Waals surface area contributed by atoms with Gasteiger partial charge in [-0.2, -0.15) is 10.2 Å². The molecular formula is C17H23N5O3. The maximum Gasteiger partial charge on any atom is 0.272 e. The summed E-state index contributed by atoms with van der Waals surface area (Å²) < 4.78 is 15.1. The van der Waals surface area contributed by atoms with Crippen molar-refractivity contribution < 1.29 is 14.3 Å². The highest BCUT2D eigenvalue weighted by atomic mass is 16.5. The summed E-state index contributed by atoms with van der Waals surface area (Å²) in [6.45, 7) is 3.36. The Balaban J connectivity index is 1.45. The number of amides is 1. The monoisotopic (exact) mass is 345 g/mol. The Kier molecular flexibility index (Phi) is 4.10. The van der Waals surface area contributed by atoms with Crippen molar-refractivity contribution in [2.75, 3.05) is 6.61 Å². The van der Waals surface area contributed by atoms with E-state index in [0.717, 1.165) is 43.5 Å². The lowest BCUT2D eigenvalue weighted by Crippen LogP contribution is -2.42. The number of aromatic nitrogens is 4. The molecule has 0 spiro atoms. The van der Waals surface area contributed by atoms with Crippen molar-refractivity contribution in [3.63, 3.8) is 0 Å². The van der Waals surface area contributed by atoms with Gasteiger partial charge in [-0.05, 0) is 26.2 Å². The molecule has 8 heteroatoms. The molecule has 1 aliphatic heterocycles. The minimum Gasteiger partial charge on any atom is -0.485 e. The molecule has 1 N–H and O–H groups in total. The second-order valence-corrected chi connectivity index (χ2v) is 6.72. The molecule has 0 radical (unpaired) electrons. The van der Waals surface area contributed by atoms with E-state index in [4.69, 9.17) is 9.47 Å². The number of nitrogens with zero attached hydrogens (tertiary/aromatic N) is 4. The minimum atomic E-state index is -0.158. The molecule has 0 saturated heterocycles. The summed E-state index contributed by atoms with van der Waals surface area (Å²) in [4.78, 5) is 12.7. The summed E-state index contributed by atoms with van der Waals surface area (Å²) in [5, 5.41) is 11.6. The number of nitrogens with one attached hydrogen (secondary N) is 1. The van der Waals surface area contributed by atoms with Crippen LogP contribution in [0.1, 0.15) is 41.7 Å². The van der Waals surface area contributed by atoms with Gasteiger partial charge in [0.1, 0.15) is 6.10 Å². The first kappa shape index (κ1) is 16.0. The maximum atomic E-state index is 12.7. The Morgan fingerprint density at radius 1 is 1.40 bits per heavy atom. The molecule has 2 aromatic heterocycles. The van der Waals surface area contributed by atoms with Gasteiger partial charge in [-0.15, -0.1) is 0 Å². The highest BCUT2D eigenvalue weighted by Crippen LogP contribution is 2.27. The zero-order chi connectivity index (χ0) is 17.4.